The molecule has 5 rings (SSSR count). The standard InChI is InChI=1S/C26H25N5O7S/c1-38-21-10-6-19(7-11-21)27-14-16-28(17-15-27)25(32)18-29-23-4-2-3-5-24(23)30(26(29)33)39(36,37)22-12-8-20(9-13-22)31(34)35/h2-13H,14-18H2,1H3. The van der Waals surface area contributed by atoms with Crippen molar-refractivity contribution in [1.82, 2.24) is 13.4 Å². The minimum absolute atomic E-state index is 0.109. The Kier molecular flexibility index (Phi) is 6.83. The van der Waals surface area contributed by atoms with Gasteiger partial charge in [-0.05, 0) is 48.5 Å². The molecule has 13 heteroatoms. The first kappa shape index (κ1) is 26.0. The number of piperazine rings is 1. The van der Waals surface area contributed by atoms with Gasteiger partial charge in [0.1, 0.15) is 12.3 Å². The van der Waals surface area contributed by atoms with E-state index in [-0.39, 0.29) is 28.6 Å². The van der Waals surface area contributed by atoms with Crippen LogP contribution >= 0.6 is 0 Å². The zero-order valence-electron chi connectivity index (χ0n) is 21.0. The monoisotopic (exact) mass is 551 g/mol. The molecule has 39 heavy (non-hydrogen) atoms. The molecule has 1 saturated heterocycles. The van der Waals surface area contributed by atoms with Gasteiger partial charge >= 0.3 is 5.69 Å². The molecule has 0 bridgehead atoms. The topological polar surface area (TPSA) is 137 Å². The second-order valence-electron chi connectivity index (χ2n) is 8.94. The molecule has 1 aliphatic rings. The smallest absolute Gasteiger partial charge is 0.343 e. The molecule has 2 heterocycles. The molecule has 0 aliphatic carbocycles. The number of methoxy groups -OCH3 is 1. The van der Waals surface area contributed by atoms with Crippen LogP contribution in [0.3, 0.4) is 0 Å². The minimum Gasteiger partial charge on any atom is -0.497 e. The van der Waals surface area contributed by atoms with Crippen LogP contribution in [0.2, 0.25) is 0 Å². The molecular formula is C26H25N5O7S. The number of ether oxygens (including phenoxy) is 1. The van der Waals surface area contributed by atoms with Crippen molar-refractivity contribution in [2.45, 2.75) is 11.4 Å². The Balaban J connectivity index is 1.39. The highest BCUT2D eigenvalue weighted by Gasteiger charge is 2.28. The fourth-order valence-electron chi connectivity index (χ4n) is 4.65. The summed E-state index contributed by atoms with van der Waals surface area (Å²) in [4.78, 5) is 40.5. The lowest BCUT2D eigenvalue weighted by atomic mass is 10.2. The number of carbonyl (C=O) groups is 1. The van der Waals surface area contributed by atoms with E-state index in [1.807, 2.05) is 24.3 Å². The molecule has 0 unspecified atom stereocenters. The fraction of sp³-hybridized carbons (Fsp3) is 0.231. The number of nitro groups is 1. The van der Waals surface area contributed by atoms with Gasteiger partial charge in [0.15, 0.2) is 0 Å². The summed E-state index contributed by atoms with van der Waals surface area (Å²) in [5.74, 6) is 0.454. The van der Waals surface area contributed by atoms with Crippen molar-refractivity contribution >= 4 is 38.3 Å². The lowest BCUT2D eigenvalue weighted by Gasteiger charge is -2.36. The van der Waals surface area contributed by atoms with Gasteiger partial charge in [-0.1, -0.05) is 12.1 Å². The van der Waals surface area contributed by atoms with Crippen LogP contribution in [0.15, 0.2) is 82.5 Å². The van der Waals surface area contributed by atoms with Gasteiger partial charge in [0.25, 0.3) is 15.7 Å². The molecule has 0 saturated carbocycles. The largest absolute Gasteiger partial charge is 0.497 e. The van der Waals surface area contributed by atoms with E-state index in [4.69, 9.17) is 4.74 Å². The van der Waals surface area contributed by atoms with E-state index in [2.05, 4.69) is 4.90 Å². The quantitative estimate of drug-likeness (QED) is 0.252. The van der Waals surface area contributed by atoms with Crippen molar-refractivity contribution in [3.05, 3.63) is 93.4 Å². The van der Waals surface area contributed by atoms with Gasteiger partial charge in [-0.2, -0.15) is 3.97 Å². The number of benzene rings is 3. The summed E-state index contributed by atoms with van der Waals surface area (Å²) in [6.45, 7) is 1.76. The number of fused-ring (bicyclic) bond motifs is 1. The van der Waals surface area contributed by atoms with Crippen molar-refractivity contribution in [2.24, 2.45) is 0 Å². The van der Waals surface area contributed by atoms with Gasteiger partial charge in [-0.25, -0.2) is 13.2 Å². The van der Waals surface area contributed by atoms with Crippen LogP contribution in [-0.2, 0) is 21.4 Å². The van der Waals surface area contributed by atoms with E-state index in [1.165, 1.54) is 6.07 Å². The number of hydrogen-bond acceptors (Lipinski definition) is 8. The van der Waals surface area contributed by atoms with Crippen LogP contribution in [-0.4, -0.2) is 66.0 Å². The highest BCUT2D eigenvalue weighted by atomic mass is 32.2. The molecule has 0 radical (unpaired) electrons. The van der Waals surface area contributed by atoms with E-state index < -0.39 is 20.6 Å². The number of non-ortho nitro benzene ring substituents is 1. The van der Waals surface area contributed by atoms with Gasteiger partial charge in [0.05, 0.1) is 28.0 Å². The average Bonchev–Trinajstić information content (AvgIpc) is 3.24. The Hall–Kier alpha value is -4.65. The third kappa shape index (κ3) is 4.83. The number of amides is 1. The first-order valence-corrected chi connectivity index (χ1v) is 13.5. The summed E-state index contributed by atoms with van der Waals surface area (Å²) < 4.78 is 33.9. The SMILES string of the molecule is COc1ccc(N2CCN(C(=O)Cn3c(=O)n(S(=O)(=O)c4ccc([N+](=O)[O-])cc4)c4ccccc43)CC2)cc1. The maximum absolute atomic E-state index is 13.4. The third-order valence-corrected chi connectivity index (χ3v) is 8.45. The molecule has 1 fully saturated rings. The fourth-order valence-corrected chi connectivity index (χ4v) is 6.06. The van der Waals surface area contributed by atoms with Crippen molar-refractivity contribution in [1.29, 1.82) is 0 Å². The summed E-state index contributed by atoms with van der Waals surface area (Å²) in [7, 11) is -2.80. The second kappa shape index (κ2) is 10.3. The number of rotatable bonds is 7. The number of nitro benzene ring substituents is 1. The van der Waals surface area contributed by atoms with Gasteiger partial charge in [0, 0.05) is 44.0 Å². The van der Waals surface area contributed by atoms with Crippen molar-refractivity contribution in [2.75, 3.05) is 38.2 Å². The minimum atomic E-state index is -4.40. The second-order valence-corrected chi connectivity index (χ2v) is 10.7. The van der Waals surface area contributed by atoms with Crippen LogP contribution < -0.4 is 15.3 Å². The lowest BCUT2D eigenvalue weighted by Crippen LogP contribution is -2.50. The third-order valence-electron chi connectivity index (χ3n) is 6.75. The Bertz CT molecular complexity index is 1700. The summed E-state index contributed by atoms with van der Waals surface area (Å²) in [5.41, 5.74) is 0.246. The van der Waals surface area contributed by atoms with Crippen LogP contribution in [0.1, 0.15) is 0 Å². The first-order chi connectivity index (χ1) is 18.7. The maximum Gasteiger partial charge on any atom is 0.343 e. The van der Waals surface area contributed by atoms with Crippen LogP contribution in [0.25, 0.3) is 11.0 Å². The van der Waals surface area contributed by atoms with Crippen molar-refractivity contribution < 1.29 is 22.9 Å². The summed E-state index contributed by atoms with van der Waals surface area (Å²) in [6.07, 6.45) is 0. The van der Waals surface area contributed by atoms with Crippen LogP contribution in [0.4, 0.5) is 11.4 Å². The van der Waals surface area contributed by atoms with Crippen LogP contribution in [0.5, 0.6) is 5.75 Å². The number of aromatic nitrogens is 2. The molecule has 1 aromatic heterocycles. The first-order valence-electron chi connectivity index (χ1n) is 12.1. The number of nitrogens with zero attached hydrogens (tertiary/aromatic N) is 5. The normalized spacial score (nSPS) is 14.0. The number of hydrogen-bond donors (Lipinski definition) is 0. The van der Waals surface area contributed by atoms with Crippen LogP contribution in [0, 0.1) is 10.1 Å². The molecule has 0 N–H and O–H groups in total. The van der Waals surface area contributed by atoms with Crippen molar-refractivity contribution in [3.63, 3.8) is 0 Å². The molecule has 1 amide bonds. The lowest BCUT2D eigenvalue weighted by molar-refractivity contribution is -0.384. The Morgan fingerprint density at radius 2 is 1.54 bits per heavy atom. The number of para-hydroxylation sites is 2. The van der Waals surface area contributed by atoms with Gasteiger partial charge in [-0.15, -0.1) is 0 Å². The van der Waals surface area contributed by atoms with E-state index in [9.17, 15) is 28.1 Å². The molecule has 0 spiro atoms. The molecule has 1 aliphatic heterocycles. The molecule has 12 nitrogen and oxygen atoms in total. The molecule has 3 aromatic carbocycles. The highest BCUT2D eigenvalue weighted by Crippen LogP contribution is 2.23. The number of carbonyl (C=O) groups excluding carboxylic acids is 1. The molecule has 0 atom stereocenters. The van der Waals surface area contributed by atoms with E-state index >= 15 is 0 Å². The molecule has 4 aromatic rings. The zero-order valence-corrected chi connectivity index (χ0v) is 21.8. The summed E-state index contributed by atoms with van der Waals surface area (Å²) in [5, 5.41) is 11.0. The van der Waals surface area contributed by atoms with Gasteiger partial charge in [-0.3, -0.25) is 19.5 Å². The zero-order chi connectivity index (χ0) is 27.7. The summed E-state index contributed by atoms with van der Waals surface area (Å²) >= 11 is 0. The van der Waals surface area contributed by atoms with Gasteiger partial charge in [0.2, 0.25) is 5.91 Å². The molecular weight excluding hydrogens is 526 g/mol. The number of imidazole rings is 1. The highest BCUT2D eigenvalue weighted by molar-refractivity contribution is 7.90. The van der Waals surface area contributed by atoms with E-state index in [0.29, 0.717) is 35.7 Å². The molecule has 202 valence electrons. The van der Waals surface area contributed by atoms with E-state index in [0.717, 1.165) is 40.3 Å². The predicted molar refractivity (Wildman–Crippen MR) is 144 cm³/mol. The summed E-state index contributed by atoms with van der Waals surface area (Å²) in [6, 6.07) is 18.2. The Morgan fingerprint density at radius 3 is 2.13 bits per heavy atom. The Labute approximate surface area is 223 Å². The van der Waals surface area contributed by atoms with Gasteiger partial charge < -0.3 is 14.5 Å². The average molecular weight is 552 g/mol. The maximum atomic E-state index is 13.4. The Morgan fingerprint density at radius 1 is 0.923 bits per heavy atom. The van der Waals surface area contributed by atoms with Crippen molar-refractivity contribution in [3.8, 4) is 5.75 Å². The van der Waals surface area contributed by atoms with E-state index in [1.54, 1.807) is 30.2 Å². The number of anilines is 1. The predicted octanol–water partition coefficient (Wildman–Crippen LogP) is 2.31.